The first kappa shape index (κ1) is 22.3. The molecule has 0 aliphatic carbocycles. The maximum atomic E-state index is 11.4. The van der Waals surface area contributed by atoms with Crippen LogP contribution in [0.25, 0.3) is 10.9 Å². The number of aromatic nitrogens is 1. The standard InChI is InChI=1S/C19H29N5O.HI/c1-4-21-18(23-14-19(2,3)17(20)25)22-11-7-12-24-13-10-15-8-5-6-9-16(15)24;/h5-6,8-10,13H,4,7,11-12,14H2,1-3H3,(H2,20,25)(H2,21,22,23);1H. The second-order valence-corrected chi connectivity index (χ2v) is 6.79. The summed E-state index contributed by atoms with van der Waals surface area (Å²) in [5.74, 6) is 0.376. The van der Waals surface area contributed by atoms with E-state index in [2.05, 4.69) is 56.7 Å². The number of hydrogen-bond acceptors (Lipinski definition) is 2. The largest absolute Gasteiger partial charge is 0.369 e. The van der Waals surface area contributed by atoms with Crippen molar-refractivity contribution in [2.45, 2.75) is 33.7 Å². The molecule has 0 aliphatic rings. The minimum Gasteiger partial charge on any atom is -0.369 e. The first-order chi connectivity index (χ1) is 11.9. The van der Waals surface area contributed by atoms with Crippen molar-refractivity contribution in [1.82, 2.24) is 15.2 Å². The lowest BCUT2D eigenvalue weighted by atomic mass is 9.93. The summed E-state index contributed by atoms with van der Waals surface area (Å²) in [4.78, 5) is 15.9. The van der Waals surface area contributed by atoms with Crippen molar-refractivity contribution in [2.24, 2.45) is 16.1 Å². The van der Waals surface area contributed by atoms with E-state index >= 15 is 0 Å². The summed E-state index contributed by atoms with van der Waals surface area (Å²) in [6, 6.07) is 10.5. The van der Waals surface area contributed by atoms with Crippen molar-refractivity contribution >= 4 is 46.7 Å². The van der Waals surface area contributed by atoms with Gasteiger partial charge in [0.15, 0.2) is 5.96 Å². The third-order valence-corrected chi connectivity index (χ3v) is 4.19. The molecule has 7 heteroatoms. The molecule has 0 fully saturated rings. The second-order valence-electron chi connectivity index (χ2n) is 6.79. The highest BCUT2D eigenvalue weighted by Crippen LogP contribution is 2.15. The number of para-hydroxylation sites is 1. The van der Waals surface area contributed by atoms with Gasteiger partial charge in [0.2, 0.25) is 5.91 Å². The van der Waals surface area contributed by atoms with E-state index in [0.717, 1.165) is 26.1 Å². The molecule has 1 aromatic carbocycles. The van der Waals surface area contributed by atoms with Crippen LogP contribution in [0.2, 0.25) is 0 Å². The third-order valence-electron chi connectivity index (χ3n) is 4.19. The number of nitrogens with one attached hydrogen (secondary N) is 2. The molecule has 1 amide bonds. The number of primary amides is 1. The van der Waals surface area contributed by atoms with Crippen LogP contribution in [0.5, 0.6) is 0 Å². The molecule has 144 valence electrons. The molecule has 0 saturated carbocycles. The number of halogens is 1. The van der Waals surface area contributed by atoms with Crippen LogP contribution in [0.1, 0.15) is 27.2 Å². The number of carbonyl (C=O) groups is 1. The molecule has 0 aliphatic heterocycles. The fraction of sp³-hybridized carbons (Fsp3) is 0.474. The van der Waals surface area contributed by atoms with E-state index in [-0.39, 0.29) is 29.9 Å². The van der Waals surface area contributed by atoms with Gasteiger partial charge < -0.3 is 20.9 Å². The molecule has 0 bridgehead atoms. The highest BCUT2D eigenvalue weighted by molar-refractivity contribution is 14.0. The van der Waals surface area contributed by atoms with Crippen LogP contribution < -0.4 is 16.4 Å². The summed E-state index contributed by atoms with van der Waals surface area (Å²) in [5.41, 5.74) is 6.01. The maximum Gasteiger partial charge on any atom is 0.224 e. The molecule has 1 heterocycles. The number of rotatable bonds is 8. The number of nitrogens with zero attached hydrogens (tertiary/aromatic N) is 2. The highest BCUT2D eigenvalue weighted by Gasteiger charge is 2.24. The first-order valence-corrected chi connectivity index (χ1v) is 8.80. The number of hydrogen-bond donors (Lipinski definition) is 3. The smallest absolute Gasteiger partial charge is 0.224 e. The molecule has 0 atom stereocenters. The lowest BCUT2D eigenvalue weighted by Gasteiger charge is -2.19. The van der Waals surface area contributed by atoms with E-state index in [1.807, 2.05) is 6.92 Å². The summed E-state index contributed by atoms with van der Waals surface area (Å²) in [6.45, 7) is 8.49. The summed E-state index contributed by atoms with van der Waals surface area (Å²) >= 11 is 0. The van der Waals surface area contributed by atoms with Gasteiger partial charge in [-0.1, -0.05) is 18.2 Å². The lowest BCUT2D eigenvalue weighted by molar-refractivity contribution is -0.125. The van der Waals surface area contributed by atoms with Crippen LogP contribution in [0.3, 0.4) is 0 Å². The molecule has 1 aromatic heterocycles. The quantitative estimate of drug-likeness (QED) is 0.240. The number of aryl methyl sites for hydroxylation is 1. The molecule has 26 heavy (non-hydrogen) atoms. The van der Waals surface area contributed by atoms with Crippen LogP contribution >= 0.6 is 24.0 Å². The Morgan fingerprint density at radius 1 is 1.23 bits per heavy atom. The molecule has 0 unspecified atom stereocenters. The fourth-order valence-corrected chi connectivity index (χ4v) is 2.49. The molecule has 2 aromatic rings. The Hall–Kier alpha value is -1.77. The highest BCUT2D eigenvalue weighted by atomic mass is 127. The van der Waals surface area contributed by atoms with E-state index in [1.54, 1.807) is 13.8 Å². The topological polar surface area (TPSA) is 84.4 Å². The number of amides is 1. The summed E-state index contributed by atoms with van der Waals surface area (Å²) < 4.78 is 2.26. The van der Waals surface area contributed by atoms with Gasteiger partial charge in [-0.3, -0.25) is 9.79 Å². The minimum atomic E-state index is -0.646. The summed E-state index contributed by atoms with van der Waals surface area (Å²) in [5, 5.41) is 7.78. The third kappa shape index (κ3) is 6.19. The van der Waals surface area contributed by atoms with Crippen LogP contribution in [0, 0.1) is 5.41 Å². The molecule has 0 saturated heterocycles. The van der Waals surface area contributed by atoms with Gasteiger partial charge in [-0.2, -0.15) is 0 Å². The molecular formula is C19H30IN5O. The lowest BCUT2D eigenvalue weighted by Crippen LogP contribution is -2.40. The Labute approximate surface area is 172 Å². The van der Waals surface area contributed by atoms with Crippen LogP contribution in [0.15, 0.2) is 41.5 Å². The molecule has 4 N–H and O–H groups in total. The normalized spacial score (nSPS) is 11.9. The predicted molar refractivity (Wildman–Crippen MR) is 119 cm³/mol. The van der Waals surface area contributed by atoms with Gasteiger partial charge in [0.05, 0.1) is 12.0 Å². The average Bonchev–Trinajstić information content (AvgIpc) is 2.99. The van der Waals surface area contributed by atoms with Crippen molar-refractivity contribution in [3.63, 3.8) is 0 Å². The van der Waals surface area contributed by atoms with Crippen LogP contribution in [0.4, 0.5) is 0 Å². The Morgan fingerprint density at radius 2 is 1.96 bits per heavy atom. The van der Waals surface area contributed by atoms with E-state index < -0.39 is 5.41 Å². The van der Waals surface area contributed by atoms with Gasteiger partial charge in [-0.25, -0.2) is 0 Å². The van der Waals surface area contributed by atoms with Crippen molar-refractivity contribution in [2.75, 3.05) is 19.6 Å². The van der Waals surface area contributed by atoms with E-state index in [9.17, 15) is 4.79 Å². The van der Waals surface area contributed by atoms with Gasteiger partial charge in [0.1, 0.15) is 0 Å². The Morgan fingerprint density at radius 3 is 2.65 bits per heavy atom. The average molecular weight is 471 g/mol. The van der Waals surface area contributed by atoms with Crippen molar-refractivity contribution in [1.29, 1.82) is 0 Å². The van der Waals surface area contributed by atoms with Crippen LogP contribution in [-0.4, -0.2) is 36.1 Å². The molecule has 0 spiro atoms. The van der Waals surface area contributed by atoms with Gasteiger partial charge in [-0.05, 0) is 44.7 Å². The molecule has 0 radical (unpaired) electrons. The SMILES string of the molecule is CCNC(=NCC(C)(C)C(N)=O)NCCCn1ccc2ccccc21.I. The van der Waals surface area contributed by atoms with Gasteiger partial charge >= 0.3 is 0 Å². The number of benzene rings is 1. The monoisotopic (exact) mass is 471 g/mol. The minimum absolute atomic E-state index is 0. The van der Waals surface area contributed by atoms with Gasteiger partial charge in [0, 0.05) is 31.3 Å². The van der Waals surface area contributed by atoms with E-state index in [4.69, 9.17) is 5.73 Å². The fourth-order valence-electron chi connectivity index (χ4n) is 2.49. The molecular weight excluding hydrogens is 441 g/mol. The molecule has 6 nitrogen and oxygen atoms in total. The zero-order chi connectivity index (χ0) is 18.3. The van der Waals surface area contributed by atoms with Crippen molar-refractivity contribution < 1.29 is 4.79 Å². The Kier molecular flexibility index (Phi) is 8.91. The van der Waals surface area contributed by atoms with Gasteiger partial charge in [-0.15, -0.1) is 24.0 Å². The predicted octanol–water partition coefficient (Wildman–Crippen LogP) is 2.72. The number of fused-ring (bicyclic) bond motifs is 1. The summed E-state index contributed by atoms with van der Waals surface area (Å²) in [6.07, 6.45) is 3.10. The van der Waals surface area contributed by atoms with Crippen molar-refractivity contribution in [3.05, 3.63) is 36.5 Å². The second kappa shape index (κ2) is 10.4. The van der Waals surface area contributed by atoms with Crippen LogP contribution in [-0.2, 0) is 11.3 Å². The number of guanidine groups is 1. The zero-order valence-corrected chi connectivity index (χ0v) is 18.1. The zero-order valence-electron chi connectivity index (χ0n) is 15.8. The van der Waals surface area contributed by atoms with E-state index in [0.29, 0.717) is 12.5 Å². The van der Waals surface area contributed by atoms with Gasteiger partial charge in [0.25, 0.3) is 0 Å². The Balaban J connectivity index is 0.00000338. The summed E-state index contributed by atoms with van der Waals surface area (Å²) in [7, 11) is 0. The first-order valence-electron chi connectivity index (χ1n) is 8.80. The number of nitrogens with two attached hydrogens (primary N) is 1. The molecule has 2 rings (SSSR count). The maximum absolute atomic E-state index is 11.4. The number of aliphatic imine (C=N–C) groups is 1. The van der Waals surface area contributed by atoms with E-state index in [1.165, 1.54) is 10.9 Å². The van der Waals surface area contributed by atoms with Crippen molar-refractivity contribution in [3.8, 4) is 0 Å². The number of carbonyl (C=O) groups excluding carboxylic acids is 1. The Bertz CT molecular complexity index is 738.